The predicted molar refractivity (Wildman–Crippen MR) is 80.0 cm³/mol. The topological polar surface area (TPSA) is 83.8 Å². The molecule has 0 bridgehead atoms. The third-order valence-electron chi connectivity index (χ3n) is 3.04. The van der Waals surface area contributed by atoms with E-state index in [1.54, 1.807) is 39.8 Å². The number of hydrogen-bond acceptors (Lipinski definition) is 5. The maximum Gasteiger partial charge on any atom is 0.488 e. The molecule has 0 radical (unpaired) electrons. The lowest BCUT2D eigenvalue weighted by Gasteiger charge is -2.19. The second-order valence-electron chi connectivity index (χ2n) is 5.68. The summed E-state index contributed by atoms with van der Waals surface area (Å²) in [6.07, 6.45) is 0. The van der Waals surface area contributed by atoms with E-state index in [0.717, 1.165) is 5.56 Å². The Balaban J connectivity index is 2.68. The van der Waals surface area contributed by atoms with Gasteiger partial charge in [0.15, 0.2) is 9.84 Å². The first kappa shape index (κ1) is 17.0. The molecule has 0 atom stereocenters. The Morgan fingerprint density at radius 1 is 1.25 bits per heavy atom. The Kier molecular flexibility index (Phi) is 5.24. The summed E-state index contributed by atoms with van der Waals surface area (Å²) in [5, 5.41) is 18.1. The minimum absolute atomic E-state index is 0.0552. The van der Waals surface area contributed by atoms with Crippen LogP contribution in [0.2, 0.25) is 0 Å². The van der Waals surface area contributed by atoms with Gasteiger partial charge in [-0.1, -0.05) is 12.1 Å². The molecule has 0 aliphatic heterocycles. The Morgan fingerprint density at radius 2 is 1.85 bits per heavy atom. The van der Waals surface area contributed by atoms with Gasteiger partial charge in [0.2, 0.25) is 0 Å². The van der Waals surface area contributed by atoms with Crippen LogP contribution in [0, 0.1) is 6.92 Å². The predicted octanol–water partition coefficient (Wildman–Crippen LogP) is 0.267. The van der Waals surface area contributed by atoms with Crippen molar-refractivity contribution >= 4 is 22.4 Å². The van der Waals surface area contributed by atoms with Crippen LogP contribution in [0.5, 0.6) is 5.75 Å². The number of aryl methyl sites for hydroxylation is 1. The average molecular weight is 300 g/mol. The van der Waals surface area contributed by atoms with Crippen LogP contribution in [0.4, 0.5) is 0 Å². The fourth-order valence-corrected chi connectivity index (χ4v) is 2.48. The molecule has 0 saturated heterocycles. The highest BCUT2D eigenvalue weighted by Gasteiger charge is 2.28. The van der Waals surface area contributed by atoms with E-state index in [0.29, 0.717) is 11.2 Å². The quantitative estimate of drug-likeness (QED) is 0.763. The van der Waals surface area contributed by atoms with Crippen molar-refractivity contribution < 1.29 is 23.2 Å². The van der Waals surface area contributed by atoms with Crippen molar-refractivity contribution in [3.05, 3.63) is 23.8 Å². The van der Waals surface area contributed by atoms with Crippen LogP contribution >= 0.6 is 0 Å². The largest absolute Gasteiger partial charge is 0.492 e. The zero-order valence-electron chi connectivity index (χ0n) is 12.3. The molecule has 0 aliphatic carbocycles. The molecular weight excluding hydrogens is 279 g/mol. The SMILES string of the molecule is Cc1cc(B(O)O)ccc1OCCS(=O)(=O)C(C)(C)C. The van der Waals surface area contributed by atoms with Crippen LogP contribution in [0.3, 0.4) is 0 Å². The molecule has 0 spiro atoms. The molecule has 1 aromatic rings. The van der Waals surface area contributed by atoms with Crippen molar-refractivity contribution in [2.45, 2.75) is 32.4 Å². The minimum atomic E-state index is -3.21. The maximum absolute atomic E-state index is 11.9. The number of sulfone groups is 1. The van der Waals surface area contributed by atoms with E-state index in [4.69, 9.17) is 14.8 Å². The number of ether oxygens (including phenoxy) is 1. The van der Waals surface area contributed by atoms with Crippen molar-refractivity contribution in [3.8, 4) is 5.75 Å². The molecule has 1 aromatic carbocycles. The summed E-state index contributed by atoms with van der Waals surface area (Å²) >= 11 is 0. The maximum atomic E-state index is 11.9. The lowest BCUT2D eigenvalue weighted by molar-refractivity contribution is 0.337. The van der Waals surface area contributed by atoms with Gasteiger partial charge in [-0.05, 0) is 44.8 Å². The summed E-state index contributed by atoms with van der Waals surface area (Å²) in [4.78, 5) is 0. The van der Waals surface area contributed by atoms with Gasteiger partial charge in [-0.2, -0.15) is 0 Å². The third kappa shape index (κ3) is 4.23. The van der Waals surface area contributed by atoms with Gasteiger partial charge in [-0.15, -0.1) is 0 Å². The summed E-state index contributed by atoms with van der Waals surface area (Å²) in [5.74, 6) is 0.485. The first-order valence-corrected chi connectivity index (χ1v) is 8.01. The van der Waals surface area contributed by atoms with Crippen molar-refractivity contribution in [2.75, 3.05) is 12.4 Å². The van der Waals surface area contributed by atoms with Gasteiger partial charge >= 0.3 is 7.12 Å². The van der Waals surface area contributed by atoms with Crippen LogP contribution in [0.1, 0.15) is 26.3 Å². The molecular formula is C13H21BO5S. The van der Waals surface area contributed by atoms with E-state index in [2.05, 4.69) is 0 Å². The van der Waals surface area contributed by atoms with Crippen LogP contribution in [0.15, 0.2) is 18.2 Å². The summed E-state index contributed by atoms with van der Waals surface area (Å²) in [6, 6.07) is 4.73. The average Bonchev–Trinajstić information content (AvgIpc) is 2.29. The smallest absolute Gasteiger partial charge is 0.488 e. The van der Waals surface area contributed by atoms with Crippen LogP contribution in [-0.2, 0) is 9.84 Å². The number of hydrogen-bond donors (Lipinski definition) is 2. The van der Waals surface area contributed by atoms with Crippen molar-refractivity contribution in [3.63, 3.8) is 0 Å². The number of rotatable bonds is 5. The fraction of sp³-hybridized carbons (Fsp3) is 0.538. The van der Waals surface area contributed by atoms with Gasteiger partial charge in [0.05, 0.1) is 10.5 Å². The van der Waals surface area contributed by atoms with E-state index in [1.807, 2.05) is 0 Å². The standard InChI is InChI=1S/C13H21BO5S/c1-10-9-11(14(15)16)5-6-12(10)19-7-8-20(17,18)13(2,3)4/h5-6,9,15-16H,7-8H2,1-4H3. The molecule has 112 valence electrons. The van der Waals surface area contributed by atoms with Gasteiger partial charge in [-0.3, -0.25) is 0 Å². The molecule has 1 rings (SSSR count). The molecule has 0 unspecified atom stereocenters. The summed E-state index contributed by atoms with van der Waals surface area (Å²) in [7, 11) is -4.73. The highest BCUT2D eigenvalue weighted by Crippen LogP contribution is 2.18. The summed E-state index contributed by atoms with van der Waals surface area (Å²) in [5.41, 5.74) is 1.10. The van der Waals surface area contributed by atoms with Gasteiger partial charge < -0.3 is 14.8 Å². The van der Waals surface area contributed by atoms with Gasteiger partial charge in [0.25, 0.3) is 0 Å². The molecule has 0 aromatic heterocycles. The lowest BCUT2D eigenvalue weighted by atomic mass is 9.79. The Morgan fingerprint density at radius 3 is 2.30 bits per heavy atom. The van der Waals surface area contributed by atoms with Crippen molar-refractivity contribution in [1.82, 2.24) is 0 Å². The molecule has 0 amide bonds. The van der Waals surface area contributed by atoms with Crippen LogP contribution in [0.25, 0.3) is 0 Å². The molecule has 0 fully saturated rings. The monoisotopic (exact) mass is 300 g/mol. The van der Waals surface area contributed by atoms with Crippen LogP contribution in [-0.4, -0.2) is 42.7 Å². The zero-order chi connectivity index (χ0) is 15.6. The molecule has 0 heterocycles. The number of benzene rings is 1. The highest BCUT2D eigenvalue weighted by atomic mass is 32.2. The Bertz CT molecular complexity index is 561. The van der Waals surface area contributed by atoms with Gasteiger partial charge in [0.1, 0.15) is 12.4 Å². The second kappa shape index (κ2) is 6.16. The summed E-state index contributed by atoms with van der Waals surface area (Å²) < 4.78 is 28.5. The van der Waals surface area contributed by atoms with E-state index in [-0.39, 0.29) is 12.4 Å². The molecule has 2 N–H and O–H groups in total. The fourth-order valence-electron chi connectivity index (χ4n) is 1.56. The molecule has 7 heteroatoms. The minimum Gasteiger partial charge on any atom is -0.492 e. The van der Waals surface area contributed by atoms with E-state index >= 15 is 0 Å². The zero-order valence-corrected chi connectivity index (χ0v) is 13.1. The van der Waals surface area contributed by atoms with Gasteiger partial charge in [0, 0.05) is 0 Å². The lowest BCUT2D eigenvalue weighted by Crippen LogP contribution is -2.32. The highest BCUT2D eigenvalue weighted by molar-refractivity contribution is 7.92. The second-order valence-corrected chi connectivity index (χ2v) is 8.54. The van der Waals surface area contributed by atoms with Crippen molar-refractivity contribution in [2.24, 2.45) is 0 Å². The first-order chi connectivity index (χ1) is 9.04. The molecule has 0 aliphatic rings. The van der Waals surface area contributed by atoms with Gasteiger partial charge in [-0.25, -0.2) is 8.42 Å². The molecule has 5 nitrogen and oxygen atoms in total. The Labute approximate surface area is 120 Å². The molecule has 0 saturated carbocycles. The van der Waals surface area contributed by atoms with Crippen LogP contribution < -0.4 is 10.2 Å². The van der Waals surface area contributed by atoms with Crippen molar-refractivity contribution in [1.29, 1.82) is 0 Å². The van der Waals surface area contributed by atoms with E-state index < -0.39 is 21.7 Å². The normalized spacial score (nSPS) is 12.3. The summed E-state index contributed by atoms with van der Waals surface area (Å²) in [6.45, 7) is 6.81. The first-order valence-electron chi connectivity index (χ1n) is 6.36. The molecule has 20 heavy (non-hydrogen) atoms. The van der Waals surface area contributed by atoms with E-state index in [9.17, 15) is 8.42 Å². The van der Waals surface area contributed by atoms with E-state index in [1.165, 1.54) is 6.07 Å². The Hall–Kier alpha value is -1.05. The third-order valence-corrected chi connectivity index (χ3v) is 5.61.